The monoisotopic (exact) mass is 405 g/mol. The van der Waals surface area contributed by atoms with Gasteiger partial charge in [-0.05, 0) is 44.2 Å². The van der Waals surface area contributed by atoms with E-state index in [0.717, 1.165) is 6.42 Å². The average molecular weight is 406 g/mol. The first-order valence-electron chi connectivity index (χ1n) is 10.4. The number of carbonyl (C=O) groups is 3. The first-order chi connectivity index (χ1) is 13.7. The quantitative estimate of drug-likeness (QED) is 0.732. The number of hydrogen-bond donors (Lipinski definition) is 2. The van der Waals surface area contributed by atoms with Crippen molar-refractivity contribution >= 4 is 17.7 Å². The van der Waals surface area contributed by atoms with Crippen LogP contribution in [-0.2, 0) is 9.59 Å². The number of hydrogen-bond acceptors (Lipinski definition) is 3. The third kappa shape index (κ3) is 6.02. The summed E-state index contributed by atoms with van der Waals surface area (Å²) >= 11 is 0. The Morgan fingerprint density at radius 3 is 2.28 bits per heavy atom. The lowest BCUT2D eigenvalue weighted by atomic mass is 9.88. The number of piperidine rings is 1. The molecule has 0 saturated carbocycles. The molecule has 2 N–H and O–H groups in total. The van der Waals surface area contributed by atoms with E-state index >= 15 is 0 Å². The van der Waals surface area contributed by atoms with Crippen LogP contribution in [0.5, 0.6) is 0 Å². The molecule has 0 aromatic heterocycles. The van der Waals surface area contributed by atoms with Gasteiger partial charge < -0.3 is 15.5 Å². The maximum atomic E-state index is 14.0. The van der Waals surface area contributed by atoms with Crippen LogP contribution in [0.25, 0.3) is 0 Å². The molecule has 2 rings (SSSR count). The van der Waals surface area contributed by atoms with Crippen molar-refractivity contribution in [3.05, 3.63) is 35.6 Å². The molecule has 7 heteroatoms. The molecule has 0 bridgehead atoms. The first kappa shape index (κ1) is 22.8. The smallest absolute Gasteiger partial charge is 0.254 e. The fourth-order valence-electron chi connectivity index (χ4n) is 3.51. The van der Waals surface area contributed by atoms with Gasteiger partial charge in [0, 0.05) is 25.0 Å². The number of amides is 3. The van der Waals surface area contributed by atoms with Crippen LogP contribution >= 0.6 is 0 Å². The first-order valence-corrected chi connectivity index (χ1v) is 10.4. The van der Waals surface area contributed by atoms with Gasteiger partial charge in [-0.25, -0.2) is 4.39 Å². The maximum absolute atomic E-state index is 14.0. The van der Waals surface area contributed by atoms with Gasteiger partial charge in [-0.15, -0.1) is 0 Å². The highest BCUT2D eigenvalue weighted by Gasteiger charge is 2.35. The van der Waals surface area contributed by atoms with E-state index in [9.17, 15) is 18.8 Å². The predicted octanol–water partition coefficient (Wildman–Crippen LogP) is 2.73. The van der Waals surface area contributed by atoms with Gasteiger partial charge in [-0.3, -0.25) is 14.4 Å². The van der Waals surface area contributed by atoms with Gasteiger partial charge in [-0.1, -0.05) is 32.9 Å². The molecule has 1 aromatic rings. The average Bonchev–Trinajstić information content (AvgIpc) is 2.71. The largest absolute Gasteiger partial charge is 0.352 e. The molecule has 1 heterocycles. The van der Waals surface area contributed by atoms with E-state index in [1.807, 2.05) is 32.6 Å². The van der Waals surface area contributed by atoms with Crippen LogP contribution in [0.15, 0.2) is 24.3 Å². The van der Waals surface area contributed by atoms with Crippen LogP contribution in [0.2, 0.25) is 0 Å². The molecule has 1 aliphatic rings. The molecule has 1 aromatic carbocycles. The molecule has 0 unspecified atom stereocenters. The molecule has 29 heavy (non-hydrogen) atoms. The van der Waals surface area contributed by atoms with Gasteiger partial charge in [0.05, 0.1) is 5.56 Å². The second-order valence-electron chi connectivity index (χ2n) is 8.07. The molecule has 1 aliphatic heterocycles. The molecule has 6 nitrogen and oxygen atoms in total. The van der Waals surface area contributed by atoms with E-state index in [-0.39, 0.29) is 35.3 Å². The zero-order valence-electron chi connectivity index (χ0n) is 17.7. The van der Waals surface area contributed by atoms with Gasteiger partial charge in [0.1, 0.15) is 11.9 Å². The number of halogens is 1. The Bertz CT molecular complexity index is 730. The van der Waals surface area contributed by atoms with Crippen molar-refractivity contribution in [2.24, 2.45) is 11.8 Å². The highest BCUT2D eigenvalue weighted by atomic mass is 19.1. The van der Waals surface area contributed by atoms with E-state index in [1.165, 1.54) is 18.2 Å². The van der Waals surface area contributed by atoms with Crippen molar-refractivity contribution in [2.75, 3.05) is 13.1 Å². The van der Waals surface area contributed by atoms with Crippen LogP contribution in [0.3, 0.4) is 0 Å². The fraction of sp³-hybridized carbons (Fsp3) is 0.591. The minimum atomic E-state index is -0.771. The van der Waals surface area contributed by atoms with Crippen molar-refractivity contribution in [3.63, 3.8) is 0 Å². The Labute approximate surface area is 172 Å². The fourth-order valence-corrected chi connectivity index (χ4v) is 3.51. The number of rotatable bonds is 7. The molecule has 1 saturated heterocycles. The number of nitrogens with zero attached hydrogens (tertiary/aromatic N) is 1. The predicted molar refractivity (Wildman–Crippen MR) is 110 cm³/mol. The normalized spacial score (nSPS) is 17.0. The summed E-state index contributed by atoms with van der Waals surface area (Å²) in [5.41, 5.74) is -0.0822. The summed E-state index contributed by atoms with van der Waals surface area (Å²) in [7, 11) is 0. The maximum Gasteiger partial charge on any atom is 0.254 e. The summed E-state index contributed by atoms with van der Waals surface area (Å²) in [4.78, 5) is 39.6. The number of likely N-dealkylation sites (tertiary alicyclic amines) is 1. The molecular weight excluding hydrogens is 373 g/mol. The molecule has 0 aliphatic carbocycles. The van der Waals surface area contributed by atoms with E-state index in [1.54, 1.807) is 6.07 Å². The Balaban J connectivity index is 2.13. The lowest BCUT2D eigenvalue weighted by Crippen LogP contribution is -2.55. The zero-order valence-corrected chi connectivity index (χ0v) is 17.7. The second kappa shape index (κ2) is 10.4. The summed E-state index contributed by atoms with van der Waals surface area (Å²) in [5.74, 6) is -1.59. The number of nitrogens with one attached hydrogen (secondary N) is 2. The second-order valence-corrected chi connectivity index (χ2v) is 8.07. The summed E-state index contributed by atoms with van der Waals surface area (Å²) in [6.07, 6.45) is 1.98. The van der Waals surface area contributed by atoms with Crippen LogP contribution < -0.4 is 10.6 Å². The van der Waals surface area contributed by atoms with Crippen LogP contribution in [-0.4, -0.2) is 47.8 Å². The summed E-state index contributed by atoms with van der Waals surface area (Å²) in [6, 6.07) is 4.92. The number of benzene rings is 1. The molecule has 2 atom stereocenters. The van der Waals surface area contributed by atoms with E-state index < -0.39 is 17.8 Å². The molecule has 160 valence electrons. The standard InChI is InChI=1S/C22H32FN3O3/c1-5-15(4)24-21(28)19(25-20(27)17-8-6-7-9-18(17)23)16-10-12-26(13-11-16)22(29)14(2)3/h6-9,14-16,19H,5,10-13H2,1-4H3,(H,24,28)(H,25,27)/t15-,19-/m0/s1. The molecule has 0 spiro atoms. The van der Waals surface area contributed by atoms with E-state index in [4.69, 9.17) is 0 Å². The lowest BCUT2D eigenvalue weighted by Gasteiger charge is -2.36. The van der Waals surface area contributed by atoms with Crippen molar-refractivity contribution in [1.82, 2.24) is 15.5 Å². The molecular formula is C22H32FN3O3. The van der Waals surface area contributed by atoms with Gasteiger partial charge in [0.25, 0.3) is 5.91 Å². The van der Waals surface area contributed by atoms with E-state index in [2.05, 4.69) is 10.6 Å². The van der Waals surface area contributed by atoms with Crippen molar-refractivity contribution in [3.8, 4) is 0 Å². The summed E-state index contributed by atoms with van der Waals surface area (Å²) in [5, 5.41) is 5.67. The Morgan fingerprint density at radius 2 is 1.72 bits per heavy atom. The molecule has 1 fully saturated rings. The zero-order chi connectivity index (χ0) is 21.6. The van der Waals surface area contributed by atoms with Crippen molar-refractivity contribution < 1.29 is 18.8 Å². The van der Waals surface area contributed by atoms with Crippen LogP contribution in [0.1, 0.15) is 57.3 Å². The van der Waals surface area contributed by atoms with Gasteiger partial charge in [-0.2, -0.15) is 0 Å². The van der Waals surface area contributed by atoms with Gasteiger partial charge in [0.2, 0.25) is 11.8 Å². The van der Waals surface area contributed by atoms with Crippen LogP contribution in [0, 0.1) is 17.7 Å². The lowest BCUT2D eigenvalue weighted by molar-refractivity contribution is -0.136. The topological polar surface area (TPSA) is 78.5 Å². The van der Waals surface area contributed by atoms with E-state index in [0.29, 0.717) is 25.9 Å². The highest BCUT2D eigenvalue weighted by Crippen LogP contribution is 2.23. The Morgan fingerprint density at radius 1 is 1.10 bits per heavy atom. The SMILES string of the molecule is CC[C@H](C)NC(=O)[C@@H](NC(=O)c1ccccc1F)C1CCN(C(=O)C(C)C)CC1. The minimum absolute atomic E-state index is 0.0297. The van der Waals surface area contributed by atoms with Crippen LogP contribution in [0.4, 0.5) is 4.39 Å². The molecule has 0 radical (unpaired) electrons. The summed E-state index contributed by atoms with van der Waals surface area (Å²) < 4.78 is 14.0. The number of carbonyl (C=O) groups excluding carboxylic acids is 3. The molecule has 3 amide bonds. The van der Waals surface area contributed by atoms with Gasteiger partial charge in [0.15, 0.2) is 0 Å². The van der Waals surface area contributed by atoms with Crippen molar-refractivity contribution in [1.29, 1.82) is 0 Å². The highest BCUT2D eigenvalue weighted by molar-refractivity contribution is 5.97. The third-order valence-corrected chi connectivity index (χ3v) is 5.51. The van der Waals surface area contributed by atoms with Gasteiger partial charge >= 0.3 is 0 Å². The Kier molecular flexibility index (Phi) is 8.17. The van der Waals surface area contributed by atoms with Crippen molar-refractivity contribution in [2.45, 2.75) is 59.0 Å². The third-order valence-electron chi connectivity index (χ3n) is 5.51. The minimum Gasteiger partial charge on any atom is -0.352 e. The summed E-state index contributed by atoms with van der Waals surface area (Å²) in [6.45, 7) is 8.69. The Hall–Kier alpha value is -2.44.